The second kappa shape index (κ2) is 13.7. The number of ether oxygens (including phenoxy) is 1. The first kappa shape index (κ1) is 29.4. The highest BCUT2D eigenvalue weighted by Gasteiger charge is 2.27. The molecule has 0 spiro atoms. The Kier molecular flexibility index (Phi) is 9.56. The van der Waals surface area contributed by atoms with Crippen LogP contribution in [0, 0.1) is 0 Å². The average Bonchev–Trinajstić information content (AvgIpc) is 3.03. The fourth-order valence-corrected chi connectivity index (χ4v) is 5.36. The third-order valence-electron chi connectivity index (χ3n) is 7.26. The number of benzene rings is 3. The fraction of sp³-hybridized carbons (Fsp3) is 0.250. The molecule has 1 aromatic heterocycles. The monoisotopic (exact) mass is 603 g/mol. The van der Waals surface area contributed by atoms with Crippen LogP contribution in [0.3, 0.4) is 0 Å². The number of rotatable bonds is 9. The summed E-state index contributed by atoms with van der Waals surface area (Å²) in [6.45, 7) is 2.59. The average molecular weight is 605 g/mol. The van der Waals surface area contributed by atoms with Crippen LogP contribution < -0.4 is 9.64 Å². The van der Waals surface area contributed by atoms with E-state index in [9.17, 15) is 9.59 Å². The Balaban J connectivity index is 1.22. The minimum atomic E-state index is -0.300. The van der Waals surface area contributed by atoms with Crippen LogP contribution in [-0.4, -0.2) is 78.2 Å². The maximum absolute atomic E-state index is 13.5. The molecule has 216 valence electrons. The molecular formula is C32H31Cl2N5O3. The van der Waals surface area contributed by atoms with E-state index in [1.165, 1.54) is 0 Å². The Morgan fingerprint density at radius 1 is 0.881 bits per heavy atom. The number of hydrogen-bond donors (Lipinski definition) is 0. The van der Waals surface area contributed by atoms with Gasteiger partial charge in [0.2, 0.25) is 5.91 Å². The van der Waals surface area contributed by atoms with E-state index in [0.29, 0.717) is 49.7 Å². The Morgan fingerprint density at radius 3 is 2.36 bits per heavy atom. The molecule has 0 aliphatic carbocycles. The first-order valence-corrected chi connectivity index (χ1v) is 14.5. The number of nitrogens with zero attached hydrogens (tertiary/aromatic N) is 5. The van der Waals surface area contributed by atoms with E-state index in [4.69, 9.17) is 27.9 Å². The Morgan fingerprint density at radius 2 is 1.67 bits per heavy atom. The number of carbonyl (C=O) groups excluding carboxylic acids is 2. The lowest BCUT2D eigenvalue weighted by molar-refractivity contribution is -0.132. The van der Waals surface area contributed by atoms with Crippen LogP contribution >= 0.6 is 23.2 Å². The molecule has 1 fully saturated rings. The van der Waals surface area contributed by atoms with Gasteiger partial charge in [0.15, 0.2) is 5.82 Å². The van der Waals surface area contributed by atoms with E-state index in [-0.39, 0.29) is 23.4 Å². The lowest BCUT2D eigenvalue weighted by Crippen LogP contribution is -2.52. The van der Waals surface area contributed by atoms with Gasteiger partial charge in [-0.15, -0.1) is 10.2 Å². The smallest absolute Gasteiger partial charge is 0.255 e. The molecule has 2 amide bonds. The van der Waals surface area contributed by atoms with E-state index in [0.717, 1.165) is 28.4 Å². The topological polar surface area (TPSA) is 78.9 Å². The van der Waals surface area contributed by atoms with E-state index in [1.54, 1.807) is 35.1 Å². The summed E-state index contributed by atoms with van der Waals surface area (Å²) in [6.07, 6.45) is 0.614. The molecule has 10 heteroatoms. The summed E-state index contributed by atoms with van der Waals surface area (Å²) in [5.41, 5.74) is 3.09. The molecule has 0 N–H and O–H groups in total. The van der Waals surface area contributed by atoms with Crippen molar-refractivity contribution in [2.45, 2.75) is 6.42 Å². The molecular weight excluding hydrogens is 573 g/mol. The van der Waals surface area contributed by atoms with Crippen LogP contribution in [0.1, 0.15) is 15.9 Å². The van der Waals surface area contributed by atoms with Gasteiger partial charge in [-0.3, -0.25) is 9.59 Å². The summed E-state index contributed by atoms with van der Waals surface area (Å²) >= 11 is 12.4. The molecule has 1 aliphatic heterocycles. The van der Waals surface area contributed by atoms with Crippen molar-refractivity contribution in [1.82, 2.24) is 20.0 Å². The van der Waals surface area contributed by atoms with Gasteiger partial charge >= 0.3 is 0 Å². The molecule has 42 heavy (non-hydrogen) atoms. The number of halogens is 2. The highest BCUT2D eigenvalue weighted by Crippen LogP contribution is 2.24. The maximum atomic E-state index is 13.5. The van der Waals surface area contributed by atoms with Gasteiger partial charge in [-0.25, -0.2) is 0 Å². The predicted octanol–water partition coefficient (Wildman–Crippen LogP) is 5.49. The van der Waals surface area contributed by atoms with Gasteiger partial charge in [-0.1, -0.05) is 65.7 Å². The van der Waals surface area contributed by atoms with Crippen molar-refractivity contribution in [2.24, 2.45) is 0 Å². The molecule has 3 aromatic carbocycles. The van der Waals surface area contributed by atoms with Crippen molar-refractivity contribution >= 4 is 40.8 Å². The van der Waals surface area contributed by atoms with E-state index in [2.05, 4.69) is 15.1 Å². The molecule has 2 heterocycles. The fourth-order valence-electron chi connectivity index (χ4n) is 4.87. The molecule has 5 rings (SSSR count). The number of amides is 2. The van der Waals surface area contributed by atoms with Crippen molar-refractivity contribution in [3.63, 3.8) is 0 Å². The molecule has 1 aliphatic rings. The number of carbonyl (C=O) groups is 2. The summed E-state index contributed by atoms with van der Waals surface area (Å²) in [4.78, 5) is 32.4. The van der Waals surface area contributed by atoms with Crippen LogP contribution in [0.25, 0.3) is 11.3 Å². The van der Waals surface area contributed by atoms with E-state index >= 15 is 0 Å². The molecule has 0 atom stereocenters. The zero-order valence-electron chi connectivity index (χ0n) is 23.2. The number of aromatic nitrogens is 2. The third-order valence-corrected chi connectivity index (χ3v) is 7.81. The summed E-state index contributed by atoms with van der Waals surface area (Å²) in [5.74, 6) is 1.10. The van der Waals surface area contributed by atoms with Crippen LogP contribution in [0.2, 0.25) is 10.0 Å². The van der Waals surface area contributed by atoms with Crippen LogP contribution in [0.15, 0.2) is 84.9 Å². The predicted molar refractivity (Wildman–Crippen MR) is 165 cm³/mol. The van der Waals surface area contributed by atoms with E-state index < -0.39 is 0 Å². The van der Waals surface area contributed by atoms with Gasteiger partial charge in [-0.2, -0.15) is 0 Å². The second-order valence-corrected chi connectivity index (χ2v) is 10.8. The Labute approximate surface area is 255 Å². The molecule has 1 saturated heterocycles. The molecule has 0 saturated carbocycles. The first-order chi connectivity index (χ1) is 20.4. The standard InChI is InChI=1S/C32H31Cl2N5O3/c1-42-26-9-5-8-24(20-26)29-12-13-30(36-35-29)37-16-18-38(19-17-37)31(40)22-39(15-14-23-6-3-2-4-7-23)32(41)27-11-10-25(33)21-28(27)34/h2-13,20-21H,14-19,22H2,1H3. The van der Waals surface area contributed by atoms with Crippen molar-refractivity contribution in [3.05, 3.63) is 106 Å². The van der Waals surface area contributed by atoms with Crippen LogP contribution in [0.4, 0.5) is 5.82 Å². The first-order valence-electron chi connectivity index (χ1n) is 13.7. The second-order valence-electron chi connectivity index (χ2n) is 9.96. The summed E-state index contributed by atoms with van der Waals surface area (Å²) in [6, 6.07) is 26.2. The van der Waals surface area contributed by atoms with Crippen molar-refractivity contribution in [2.75, 3.05) is 51.3 Å². The Hall–Kier alpha value is -4.14. The molecule has 0 unspecified atom stereocenters. The number of hydrogen-bond acceptors (Lipinski definition) is 6. The van der Waals surface area contributed by atoms with Gasteiger partial charge in [0.05, 0.1) is 23.4 Å². The van der Waals surface area contributed by atoms with Crippen LogP contribution in [0.5, 0.6) is 5.75 Å². The minimum absolute atomic E-state index is 0.0420. The molecule has 4 aromatic rings. The zero-order valence-corrected chi connectivity index (χ0v) is 24.8. The molecule has 0 radical (unpaired) electrons. The van der Waals surface area contributed by atoms with Crippen molar-refractivity contribution < 1.29 is 14.3 Å². The van der Waals surface area contributed by atoms with Gasteiger partial charge in [0.1, 0.15) is 12.3 Å². The quantitative estimate of drug-likeness (QED) is 0.252. The highest BCUT2D eigenvalue weighted by molar-refractivity contribution is 6.36. The Bertz CT molecular complexity index is 1530. The van der Waals surface area contributed by atoms with Gasteiger partial charge < -0.3 is 19.4 Å². The third kappa shape index (κ3) is 7.19. The zero-order chi connectivity index (χ0) is 29.5. The highest BCUT2D eigenvalue weighted by atomic mass is 35.5. The molecule has 8 nitrogen and oxygen atoms in total. The van der Waals surface area contributed by atoms with Gasteiger partial charge in [-0.05, 0) is 54.4 Å². The molecule has 0 bridgehead atoms. The summed E-state index contributed by atoms with van der Waals surface area (Å²) in [7, 11) is 1.63. The largest absolute Gasteiger partial charge is 0.497 e. The maximum Gasteiger partial charge on any atom is 0.255 e. The van der Waals surface area contributed by atoms with Gasteiger partial charge in [0.25, 0.3) is 5.91 Å². The normalized spacial score (nSPS) is 13.1. The van der Waals surface area contributed by atoms with Crippen molar-refractivity contribution in [1.29, 1.82) is 0 Å². The van der Waals surface area contributed by atoms with Crippen LogP contribution in [-0.2, 0) is 11.2 Å². The number of anilines is 1. The summed E-state index contributed by atoms with van der Waals surface area (Å²) in [5, 5.41) is 9.55. The number of piperazine rings is 1. The minimum Gasteiger partial charge on any atom is -0.497 e. The lowest BCUT2D eigenvalue weighted by atomic mass is 10.1. The SMILES string of the molecule is COc1cccc(-c2ccc(N3CCN(C(=O)CN(CCc4ccccc4)C(=O)c4ccc(Cl)cc4Cl)CC3)nn2)c1. The number of methoxy groups -OCH3 is 1. The van der Waals surface area contributed by atoms with E-state index in [1.807, 2.05) is 66.7 Å². The summed E-state index contributed by atoms with van der Waals surface area (Å²) < 4.78 is 5.31. The lowest BCUT2D eigenvalue weighted by Gasteiger charge is -2.36. The van der Waals surface area contributed by atoms with Crippen molar-refractivity contribution in [3.8, 4) is 17.0 Å². The van der Waals surface area contributed by atoms with Gasteiger partial charge in [0, 0.05) is 43.3 Å².